The molecule has 0 fully saturated rings. The molecule has 132 valence electrons. The molecule has 2 aromatic carbocycles. The van der Waals surface area contributed by atoms with Crippen molar-refractivity contribution in [1.29, 1.82) is 0 Å². The van der Waals surface area contributed by atoms with E-state index in [4.69, 9.17) is 14.2 Å². The number of rotatable bonds is 7. The van der Waals surface area contributed by atoms with Crippen molar-refractivity contribution >= 4 is 5.97 Å². The molecule has 0 saturated carbocycles. The molecule has 5 nitrogen and oxygen atoms in total. The first-order valence-corrected chi connectivity index (χ1v) is 8.27. The van der Waals surface area contributed by atoms with Gasteiger partial charge in [-0.25, -0.2) is 9.78 Å². The Morgan fingerprint density at radius 1 is 0.923 bits per heavy atom. The maximum Gasteiger partial charge on any atom is 0.343 e. The Balaban J connectivity index is 1.56. The van der Waals surface area contributed by atoms with Crippen molar-refractivity contribution in [2.45, 2.75) is 6.92 Å². The Labute approximate surface area is 152 Å². The summed E-state index contributed by atoms with van der Waals surface area (Å²) in [7, 11) is 0. The van der Waals surface area contributed by atoms with Crippen LogP contribution in [0.1, 0.15) is 15.9 Å². The van der Waals surface area contributed by atoms with Gasteiger partial charge in [-0.1, -0.05) is 30.3 Å². The third-order valence-corrected chi connectivity index (χ3v) is 3.52. The highest BCUT2D eigenvalue weighted by Crippen LogP contribution is 2.23. The van der Waals surface area contributed by atoms with E-state index in [-0.39, 0.29) is 24.7 Å². The zero-order valence-electron chi connectivity index (χ0n) is 14.4. The monoisotopic (exact) mass is 349 g/mol. The third-order valence-electron chi connectivity index (χ3n) is 3.52. The fraction of sp³-hybridized carbons (Fsp3) is 0.143. The number of benzene rings is 2. The number of pyridine rings is 1. The van der Waals surface area contributed by atoms with Crippen LogP contribution in [0, 0.1) is 6.92 Å². The van der Waals surface area contributed by atoms with E-state index < -0.39 is 5.97 Å². The predicted molar refractivity (Wildman–Crippen MR) is 97.7 cm³/mol. The van der Waals surface area contributed by atoms with Gasteiger partial charge < -0.3 is 14.2 Å². The minimum absolute atomic E-state index is 0.131. The molecule has 0 unspecified atom stereocenters. The van der Waals surface area contributed by atoms with Crippen molar-refractivity contribution in [2.24, 2.45) is 0 Å². The number of carbonyl (C=O) groups excluding carboxylic acids is 1. The quantitative estimate of drug-likeness (QED) is 0.467. The smallest absolute Gasteiger partial charge is 0.343 e. The molecule has 0 aliphatic rings. The van der Waals surface area contributed by atoms with E-state index in [9.17, 15) is 4.79 Å². The summed E-state index contributed by atoms with van der Waals surface area (Å²) in [6.45, 7) is 2.39. The van der Waals surface area contributed by atoms with Crippen LogP contribution in [0.5, 0.6) is 17.4 Å². The molecule has 0 amide bonds. The first kappa shape index (κ1) is 17.5. The fourth-order valence-electron chi connectivity index (χ4n) is 2.30. The molecule has 0 radical (unpaired) electrons. The van der Waals surface area contributed by atoms with Crippen LogP contribution < -0.4 is 9.47 Å². The van der Waals surface area contributed by atoms with Crippen molar-refractivity contribution in [3.05, 3.63) is 84.1 Å². The largest absolute Gasteiger partial charge is 0.490 e. The normalized spacial score (nSPS) is 10.2. The summed E-state index contributed by atoms with van der Waals surface area (Å²) in [5.41, 5.74) is 1.38. The lowest BCUT2D eigenvalue weighted by molar-refractivity contribution is 0.0447. The van der Waals surface area contributed by atoms with Crippen LogP contribution in [0.2, 0.25) is 0 Å². The lowest BCUT2D eigenvalue weighted by atomic mass is 10.2. The molecule has 0 aliphatic heterocycles. The first-order valence-electron chi connectivity index (χ1n) is 8.27. The number of hydrogen-bond donors (Lipinski definition) is 0. The second-order valence-corrected chi connectivity index (χ2v) is 5.57. The van der Waals surface area contributed by atoms with E-state index in [1.54, 1.807) is 30.5 Å². The predicted octanol–water partition coefficient (Wildman–Crippen LogP) is 4.42. The van der Waals surface area contributed by atoms with Crippen LogP contribution in [-0.2, 0) is 4.74 Å². The van der Waals surface area contributed by atoms with Crippen LogP contribution in [0.25, 0.3) is 0 Å². The number of esters is 1. The van der Waals surface area contributed by atoms with Gasteiger partial charge in [-0.2, -0.15) is 0 Å². The van der Waals surface area contributed by atoms with E-state index in [1.165, 1.54) is 0 Å². The Morgan fingerprint density at radius 2 is 1.73 bits per heavy atom. The lowest BCUT2D eigenvalue weighted by Gasteiger charge is -2.10. The molecule has 3 rings (SSSR count). The second kappa shape index (κ2) is 8.67. The zero-order chi connectivity index (χ0) is 18.2. The number of carbonyl (C=O) groups is 1. The standard InChI is InChI=1S/C21H19NO4/c1-16-7-5-10-18(15-16)24-13-14-25-21(23)19-11-6-12-22-20(19)26-17-8-3-2-4-9-17/h2-12,15H,13-14H2,1H3. The minimum atomic E-state index is -0.503. The Hall–Kier alpha value is -3.34. The van der Waals surface area contributed by atoms with Gasteiger partial charge in [0.05, 0.1) is 0 Å². The summed E-state index contributed by atoms with van der Waals surface area (Å²) in [4.78, 5) is 16.4. The molecule has 0 atom stereocenters. The maximum absolute atomic E-state index is 12.3. The molecular formula is C21H19NO4. The molecule has 0 bridgehead atoms. The van der Waals surface area contributed by atoms with Gasteiger partial charge in [0, 0.05) is 6.20 Å². The molecule has 1 heterocycles. The molecule has 0 spiro atoms. The molecule has 26 heavy (non-hydrogen) atoms. The topological polar surface area (TPSA) is 57.7 Å². The van der Waals surface area contributed by atoms with E-state index in [0.717, 1.165) is 11.3 Å². The second-order valence-electron chi connectivity index (χ2n) is 5.57. The van der Waals surface area contributed by atoms with Crippen LogP contribution in [0.3, 0.4) is 0 Å². The average molecular weight is 349 g/mol. The Kier molecular flexibility index (Phi) is 5.83. The summed E-state index contributed by atoms with van der Waals surface area (Å²) >= 11 is 0. The third kappa shape index (κ3) is 4.83. The number of ether oxygens (including phenoxy) is 3. The van der Waals surface area contributed by atoms with Crippen LogP contribution in [0.4, 0.5) is 0 Å². The maximum atomic E-state index is 12.3. The Morgan fingerprint density at radius 3 is 2.54 bits per heavy atom. The zero-order valence-corrected chi connectivity index (χ0v) is 14.4. The van der Waals surface area contributed by atoms with Crippen molar-refractivity contribution in [1.82, 2.24) is 4.98 Å². The van der Waals surface area contributed by atoms with Crippen molar-refractivity contribution < 1.29 is 19.0 Å². The molecule has 0 aliphatic carbocycles. The fourth-order valence-corrected chi connectivity index (χ4v) is 2.30. The number of aromatic nitrogens is 1. The summed E-state index contributed by atoms with van der Waals surface area (Å²) in [5, 5.41) is 0. The van der Waals surface area contributed by atoms with E-state index in [0.29, 0.717) is 5.75 Å². The summed E-state index contributed by atoms with van der Waals surface area (Å²) in [6, 6.07) is 20.1. The molecule has 5 heteroatoms. The molecule has 3 aromatic rings. The highest BCUT2D eigenvalue weighted by Gasteiger charge is 2.15. The minimum Gasteiger partial charge on any atom is -0.490 e. The van der Waals surface area contributed by atoms with Gasteiger partial charge in [0.15, 0.2) is 0 Å². The van der Waals surface area contributed by atoms with Gasteiger partial charge >= 0.3 is 5.97 Å². The SMILES string of the molecule is Cc1cccc(OCCOC(=O)c2cccnc2Oc2ccccc2)c1. The van der Waals surface area contributed by atoms with Crippen LogP contribution >= 0.6 is 0 Å². The number of aryl methyl sites for hydroxylation is 1. The van der Waals surface area contributed by atoms with E-state index >= 15 is 0 Å². The average Bonchev–Trinajstić information content (AvgIpc) is 2.66. The van der Waals surface area contributed by atoms with Gasteiger partial charge in [0.1, 0.15) is 30.3 Å². The van der Waals surface area contributed by atoms with Gasteiger partial charge in [0.25, 0.3) is 0 Å². The van der Waals surface area contributed by atoms with Gasteiger partial charge in [-0.15, -0.1) is 0 Å². The summed E-state index contributed by atoms with van der Waals surface area (Å²) < 4.78 is 16.5. The van der Waals surface area contributed by atoms with Gasteiger partial charge in [-0.05, 0) is 48.9 Å². The van der Waals surface area contributed by atoms with Crippen LogP contribution in [-0.4, -0.2) is 24.2 Å². The van der Waals surface area contributed by atoms with Crippen molar-refractivity contribution in [2.75, 3.05) is 13.2 Å². The van der Waals surface area contributed by atoms with Gasteiger partial charge in [-0.3, -0.25) is 0 Å². The Bertz CT molecular complexity index is 865. The summed E-state index contributed by atoms with van der Waals surface area (Å²) in [6.07, 6.45) is 1.57. The van der Waals surface area contributed by atoms with Crippen LogP contribution in [0.15, 0.2) is 72.9 Å². The van der Waals surface area contributed by atoms with Crippen molar-refractivity contribution in [3.63, 3.8) is 0 Å². The highest BCUT2D eigenvalue weighted by atomic mass is 16.6. The molecular weight excluding hydrogens is 330 g/mol. The first-order chi connectivity index (χ1) is 12.7. The van der Waals surface area contributed by atoms with E-state index in [2.05, 4.69) is 4.98 Å². The molecule has 0 N–H and O–H groups in total. The van der Waals surface area contributed by atoms with Crippen molar-refractivity contribution in [3.8, 4) is 17.4 Å². The molecule has 1 aromatic heterocycles. The lowest BCUT2D eigenvalue weighted by Crippen LogP contribution is -2.13. The van der Waals surface area contributed by atoms with E-state index in [1.807, 2.05) is 49.4 Å². The highest BCUT2D eigenvalue weighted by molar-refractivity contribution is 5.91. The number of nitrogens with zero attached hydrogens (tertiary/aromatic N) is 1. The number of hydrogen-bond acceptors (Lipinski definition) is 5. The van der Waals surface area contributed by atoms with Gasteiger partial charge in [0.2, 0.25) is 5.88 Å². The summed E-state index contributed by atoms with van der Waals surface area (Å²) in [5.74, 6) is 1.05. The number of para-hydroxylation sites is 1. The molecule has 0 saturated heterocycles.